The molecular weight excluding hydrogens is 539 g/mol. The number of halogens is 3. The van der Waals surface area contributed by atoms with E-state index in [0.717, 1.165) is 44.4 Å². The highest BCUT2D eigenvalue weighted by molar-refractivity contribution is 6.02. The third kappa shape index (κ3) is 6.17. The Morgan fingerprint density at radius 3 is 2.38 bits per heavy atom. The van der Waals surface area contributed by atoms with Crippen LogP contribution in [0.5, 0.6) is 0 Å². The van der Waals surface area contributed by atoms with Crippen LogP contribution in [0.2, 0.25) is 0 Å². The Kier molecular flexibility index (Phi) is 8.21. The summed E-state index contributed by atoms with van der Waals surface area (Å²) in [4.78, 5) is 15.9. The third-order valence-corrected chi connectivity index (χ3v) is 8.03. The van der Waals surface area contributed by atoms with E-state index in [9.17, 15) is 18.0 Å². The molecule has 3 heterocycles. The number of H-pyrrole nitrogens is 1. The first-order valence-electron chi connectivity index (χ1n) is 14.1. The fourth-order valence-corrected chi connectivity index (χ4v) is 5.66. The van der Waals surface area contributed by atoms with Gasteiger partial charge < -0.3 is 5.32 Å². The lowest BCUT2D eigenvalue weighted by molar-refractivity contribution is -0.116. The van der Waals surface area contributed by atoms with Crippen molar-refractivity contribution in [3.8, 4) is 0 Å². The first kappa shape index (κ1) is 27.9. The van der Waals surface area contributed by atoms with Crippen molar-refractivity contribution in [3.63, 3.8) is 0 Å². The highest BCUT2D eigenvalue weighted by Crippen LogP contribution is 2.31. The van der Waals surface area contributed by atoms with Gasteiger partial charge in [0.15, 0.2) is 0 Å². The lowest BCUT2D eigenvalue weighted by Gasteiger charge is -2.36. The Morgan fingerprint density at radius 2 is 1.64 bits per heavy atom. The quantitative estimate of drug-likeness (QED) is 0.210. The number of carbonyl (C=O) groups excluding carboxylic acids is 1. The molecule has 2 saturated heterocycles. The molecule has 2 atom stereocenters. The fourth-order valence-electron chi connectivity index (χ4n) is 5.66. The van der Waals surface area contributed by atoms with E-state index in [1.54, 1.807) is 0 Å². The first-order chi connectivity index (χ1) is 20.4. The second-order valence-corrected chi connectivity index (χ2v) is 10.8. The Bertz CT molecular complexity index is 1590. The summed E-state index contributed by atoms with van der Waals surface area (Å²) in [6.45, 7) is 3.00. The summed E-state index contributed by atoms with van der Waals surface area (Å²) in [5, 5.41) is 11.6. The second-order valence-electron chi connectivity index (χ2n) is 10.8. The van der Waals surface area contributed by atoms with Crippen molar-refractivity contribution in [2.24, 2.45) is 0 Å². The highest BCUT2D eigenvalue weighted by atomic mass is 19.3. The van der Waals surface area contributed by atoms with Crippen LogP contribution in [-0.2, 0) is 11.3 Å². The maximum Gasteiger partial charge on any atom is 0.282 e. The second kappa shape index (κ2) is 12.3. The fraction of sp³-hybridized carbons (Fsp3) is 0.273. The van der Waals surface area contributed by atoms with E-state index in [4.69, 9.17) is 0 Å². The van der Waals surface area contributed by atoms with E-state index >= 15 is 0 Å². The monoisotopic (exact) mass is 571 g/mol. The van der Waals surface area contributed by atoms with Gasteiger partial charge in [0, 0.05) is 56.1 Å². The molecule has 0 aliphatic carbocycles. The van der Waals surface area contributed by atoms with Crippen molar-refractivity contribution in [2.75, 3.05) is 32.7 Å². The number of benzene rings is 3. The van der Waals surface area contributed by atoms with Gasteiger partial charge in [-0.05, 0) is 46.5 Å². The van der Waals surface area contributed by atoms with Crippen molar-refractivity contribution in [1.82, 2.24) is 25.3 Å². The van der Waals surface area contributed by atoms with Crippen molar-refractivity contribution >= 4 is 35.0 Å². The molecule has 1 aromatic heterocycles. The highest BCUT2D eigenvalue weighted by Gasteiger charge is 2.30. The summed E-state index contributed by atoms with van der Waals surface area (Å²) in [6, 6.07) is 24.3. The molecule has 0 spiro atoms. The van der Waals surface area contributed by atoms with Gasteiger partial charge in [0.1, 0.15) is 0 Å². The Labute approximate surface area is 242 Å². The van der Waals surface area contributed by atoms with E-state index in [1.165, 1.54) is 4.90 Å². The van der Waals surface area contributed by atoms with Crippen LogP contribution in [0.4, 0.5) is 13.2 Å². The van der Waals surface area contributed by atoms with Gasteiger partial charge in [-0.25, -0.2) is 13.2 Å². The summed E-state index contributed by atoms with van der Waals surface area (Å²) >= 11 is 0. The van der Waals surface area contributed by atoms with E-state index in [0.29, 0.717) is 39.3 Å². The van der Waals surface area contributed by atoms with Crippen LogP contribution < -0.4 is 5.32 Å². The molecule has 216 valence electrons. The number of piperazine rings is 1. The molecule has 2 fully saturated rings. The van der Waals surface area contributed by atoms with Crippen LogP contribution in [0.25, 0.3) is 29.1 Å². The number of aromatic amines is 1. The zero-order chi connectivity index (χ0) is 29.1. The molecule has 6 rings (SSSR count). The van der Waals surface area contributed by atoms with Crippen molar-refractivity contribution in [2.45, 2.75) is 25.2 Å². The molecule has 42 heavy (non-hydrogen) atoms. The van der Waals surface area contributed by atoms with Crippen molar-refractivity contribution < 1.29 is 18.0 Å². The van der Waals surface area contributed by atoms with Gasteiger partial charge in [-0.2, -0.15) is 5.10 Å². The van der Waals surface area contributed by atoms with Crippen LogP contribution in [0.1, 0.15) is 33.9 Å². The molecule has 0 saturated carbocycles. The molecule has 1 amide bonds. The molecule has 2 aliphatic rings. The lowest BCUT2D eigenvalue weighted by Crippen LogP contribution is -2.50. The van der Waals surface area contributed by atoms with Crippen molar-refractivity contribution in [1.29, 1.82) is 0 Å². The van der Waals surface area contributed by atoms with Gasteiger partial charge in [-0.1, -0.05) is 66.7 Å². The average Bonchev–Trinajstić information content (AvgIpc) is 3.59. The van der Waals surface area contributed by atoms with Gasteiger partial charge in [0.05, 0.1) is 11.2 Å². The Hall–Kier alpha value is -4.21. The molecule has 9 heteroatoms. The number of alkyl halides is 3. The molecular formula is C33H32F3N5O. The largest absolute Gasteiger partial charge is 0.351 e. The lowest BCUT2D eigenvalue weighted by atomic mass is 9.92. The average molecular weight is 572 g/mol. The SMILES string of the molecule is O=C1NCC(c2ccccc2)C1=Cc1ccc2c(/C=C/c3ccc(CN4CCN(C(F)C(F)F)CC4)cc3)n[nH]c2c1. The molecule has 3 aromatic carbocycles. The zero-order valence-electron chi connectivity index (χ0n) is 23.0. The number of hydrogen-bond acceptors (Lipinski definition) is 4. The van der Waals surface area contributed by atoms with Gasteiger partial charge in [-0.15, -0.1) is 0 Å². The summed E-state index contributed by atoms with van der Waals surface area (Å²) in [7, 11) is 0. The molecule has 0 radical (unpaired) electrons. The number of nitrogens with one attached hydrogen (secondary N) is 2. The first-order valence-corrected chi connectivity index (χ1v) is 14.1. The minimum Gasteiger partial charge on any atom is -0.351 e. The van der Waals surface area contributed by atoms with Gasteiger partial charge in [0.25, 0.3) is 6.43 Å². The van der Waals surface area contributed by atoms with E-state index in [-0.39, 0.29) is 11.8 Å². The maximum atomic E-state index is 13.6. The summed E-state index contributed by atoms with van der Waals surface area (Å²) in [5.74, 6) is -0.0149. The molecule has 0 bridgehead atoms. The third-order valence-electron chi connectivity index (χ3n) is 8.03. The molecule has 2 aliphatic heterocycles. The minimum absolute atomic E-state index is 0.0216. The van der Waals surface area contributed by atoms with Crippen LogP contribution in [0, 0.1) is 0 Å². The van der Waals surface area contributed by atoms with Crippen LogP contribution >= 0.6 is 0 Å². The van der Waals surface area contributed by atoms with Crippen molar-refractivity contribution in [3.05, 3.63) is 106 Å². The number of nitrogens with zero attached hydrogens (tertiary/aromatic N) is 3. The van der Waals surface area contributed by atoms with Crippen LogP contribution in [-0.4, -0.2) is 71.3 Å². The maximum absolute atomic E-state index is 13.6. The van der Waals surface area contributed by atoms with E-state index in [1.807, 2.05) is 78.9 Å². The standard InChI is InChI=1S/C33H32F3N5O/c34-31(35)32(36)41-16-14-40(15-17-41)21-23-8-6-22(7-9-23)11-13-29-26-12-10-24(19-30(26)39-38-29)18-27-28(20-37-33(27)42)25-4-2-1-3-5-25/h1-13,18-19,28,31-32H,14-17,20-21H2,(H,37,42)(H,38,39)/b13-11+,27-18?. The number of fused-ring (bicyclic) bond motifs is 1. The summed E-state index contributed by atoms with van der Waals surface area (Å²) in [6.07, 6.45) is 0.784. The van der Waals surface area contributed by atoms with E-state index in [2.05, 4.69) is 32.5 Å². The number of hydrogen-bond donors (Lipinski definition) is 2. The van der Waals surface area contributed by atoms with E-state index < -0.39 is 12.7 Å². The predicted molar refractivity (Wildman–Crippen MR) is 159 cm³/mol. The van der Waals surface area contributed by atoms with Crippen LogP contribution in [0.3, 0.4) is 0 Å². The molecule has 2 unspecified atom stereocenters. The smallest absolute Gasteiger partial charge is 0.282 e. The Balaban J connectivity index is 1.09. The molecule has 2 N–H and O–H groups in total. The minimum atomic E-state index is -2.97. The zero-order valence-corrected chi connectivity index (χ0v) is 23.0. The number of carbonyl (C=O) groups is 1. The summed E-state index contributed by atoms with van der Waals surface area (Å²) < 4.78 is 38.8. The number of amides is 1. The number of rotatable bonds is 8. The molecule has 6 nitrogen and oxygen atoms in total. The van der Waals surface area contributed by atoms with Gasteiger partial charge in [0.2, 0.25) is 12.2 Å². The van der Waals surface area contributed by atoms with Crippen LogP contribution in [0.15, 0.2) is 78.4 Å². The molecule has 4 aromatic rings. The summed E-state index contributed by atoms with van der Waals surface area (Å²) in [5.41, 5.74) is 6.66. The number of aromatic nitrogens is 2. The topological polar surface area (TPSA) is 64.3 Å². The van der Waals surface area contributed by atoms with Gasteiger partial charge >= 0.3 is 0 Å². The van der Waals surface area contributed by atoms with Gasteiger partial charge in [-0.3, -0.25) is 19.7 Å². The normalized spacial score (nSPS) is 20.2. The predicted octanol–water partition coefficient (Wildman–Crippen LogP) is 5.71. The Morgan fingerprint density at radius 1 is 0.905 bits per heavy atom.